The Labute approximate surface area is 132 Å². The Kier molecular flexibility index (Phi) is 4.05. The quantitative estimate of drug-likeness (QED) is 0.689. The van der Waals surface area contributed by atoms with E-state index in [9.17, 15) is 4.79 Å². The fourth-order valence-electron chi connectivity index (χ4n) is 2.06. The van der Waals surface area contributed by atoms with Gasteiger partial charge in [0.15, 0.2) is 0 Å². The minimum absolute atomic E-state index is 0.382. The van der Waals surface area contributed by atoms with Gasteiger partial charge in [0, 0.05) is 11.1 Å². The van der Waals surface area contributed by atoms with E-state index in [0.29, 0.717) is 17.3 Å². The van der Waals surface area contributed by atoms with Crippen molar-refractivity contribution in [1.29, 1.82) is 0 Å². The summed E-state index contributed by atoms with van der Waals surface area (Å²) in [4.78, 5) is 15.8. The highest BCUT2D eigenvalue weighted by Crippen LogP contribution is 2.24. The zero-order valence-corrected chi connectivity index (χ0v) is 12.6. The number of esters is 1. The third-order valence-corrected chi connectivity index (χ3v) is 3.33. The summed E-state index contributed by atoms with van der Waals surface area (Å²) < 4.78 is 15.1. The molecule has 0 atom stereocenters. The molecule has 1 aromatic heterocycles. The molecule has 2 aromatic carbocycles. The Balaban J connectivity index is 1.84. The van der Waals surface area contributed by atoms with E-state index in [1.165, 1.54) is 7.11 Å². The molecule has 0 unspecified atom stereocenters. The maximum Gasteiger partial charge on any atom is 0.337 e. The molecule has 6 heteroatoms. The Bertz CT molecular complexity index is 807. The van der Waals surface area contributed by atoms with E-state index >= 15 is 0 Å². The number of methoxy groups -OCH3 is 2. The van der Waals surface area contributed by atoms with Gasteiger partial charge >= 0.3 is 5.97 Å². The number of hydrogen-bond donors (Lipinski definition) is 0. The smallest absolute Gasteiger partial charge is 0.337 e. The van der Waals surface area contributed by atoms with Crippen LogP contribution in [0.5, 0.6) is 5.75 Å². The van der Waals surface area contributed by atoms with Gasteiger partial charge in [-0.3, -0.25) is 0 Å². The molecule has 23 heavy (non-hydrogen) atoms. The van der Waals surface area contributed by atoms with Gasteiger partial charge in [0.1, 0.15) is 5.75 Å². The predicted octanol–water partition coefficient (Wildman–Crippen LogP) is 3.20. The standard InChI is InChI=1S/C17H14N2O4/c1-21-14-9-7-11(8-10-14)15-18-16(23-19-15)12-3-5-13(6-4-12)17(20)22-2/h3-10H,1-2H3. The van der Waals surface area contributed by atoms with Crippen LogP contribution < -0.4 is 4.74 Å². The molecule has 3 rings (SSSR count). The second kappa shape index (κ2) is 6.31. The summed E-state index contributed by atoms with van der Waals surface area (Å²) in [6.45, 7) is 0. The molecule has 116 valence electrons. The van der Waals surface area contributed by atoms with Crippen LogP contribution in [0, 0.1) is 0 Å². The average molecular weight is 310 g/mol. The molecule has 0 radical (unpaired) electrons. The van der Waals surface area contributed by atoms with Crippen molar-refractivity contribution in [2.75, 3.05) is 14.2 Å². The highest BCUT2D eigenvalue weighted by molar-refractivity contribution is 5.89. The lowest BCUT2D eigenvalue weighted by molar-refractivity contribution is 0.0600. The van der Waals surface area contributed by atoms with Crippen LogP contribution >= 0.6 is 0 Å². The van der Waals surface area contributed by atoms with Gasteiger partial charge in [-0.1, -0.05) is 5.16 Å². The van der Waals surface area contributed by atoms with Crippen molar-refractivity contribution in [2.45, 2.75) is 0 Å². The van der Waals surface area contributed by atoms with Crippen molar-refractivity contribution in [2.24, 2.45) is 0 Å². The van der Waals surface area contributed by atoms with E-state index in [1.54, 1.807) is 31.4 Å². The average Bonchev–Trinajstić information content (AvgIpc) is 3.11. The number of aromatic nitrogens is 2. The van der Waals surface area contributed by atoms with Crippen LogP contribution in [0.2, 0.25) is 0 Å². The van der Waals surface area contributed by atoms with Crippen LogP contribution in [0.3, 0.4) is 0 Å². The molecule has 1 heterocycles. The molecule has 0 spiro atoms. The number of ether oxygens (including phenoxy) is 2. The molecule has 6 nitrogen and oxygen atoms in total. The summed E-state index contributed by atoms with van der Waals surface area (Å²) >= 11 is 0. The van der Waals surface area contributed by atoms with Crippen LogP contribution in [0.25, 0.3) is 22.8 Å². The molecule has 0 fully saturated rings. The van der Waals surface area contributed by atoms with E-state index in [-0.39, 0.29) is 5.97 Å². The zero-order chi connectivity index (χ0) is 16.2. The second-order valence-electron chi connectivity index (χ2n) is 4.72. The predicted molar refractivity (Wildman–Crippen MR) is 83.1 cm³/mol. The molecule has 0 aliphatic heterocycles. The number of carbonyl (C=O) groups is 1. The van der Waals surface area contributed by atoms with Gasteiger partial charge in [-0.25, -0.2) is 4.79 Å². The van der Waals surface area contributed by atoms with Gasteiger partial charge in [-0.2, -0.15) is 4.98 Å². The highest BCUT2D eigenvalue weighted by atomic mass is 16.5. The first-order valence-electron chi connectivity index (χ1n) is 6.88. The normalized spacial score (nSPS) is 10.3. The zero-order valence-electron chi connectivity index (χ0n) is 12.6. The number of hydrogen-bond acceptors (Lipinski definition) is 6. The molecule has 0 aliphatic carbocycles. The fraction of sp³-hybridized carbons (Fsp3) is 0.118. The summed E-state index contributed by atoms with van der Waals surface area (Å²) in [6, 6.07) is 14.1. The number of rotatable bonds is 4. The van der Waals surface area contributed by atoms with Crippen molar-refractivity contribution in [3.8, 4) is 28.6 Å². The number of nitrogens with zero attached hydrogens (tertiary/aromatic N) is 2. The maximum absolute atomic E-state index is 11.4. The summed E-state index contributed by atoms with van der Waals surface area (Å²) in [5.74, 6) is 1.24. The lowest BCUT2D eigenvalue weighted by Gasteiger charge is -1.99. The van der Waals surface area contributed by atoms with Crippen LogP contribution in [-0.2, 0) is 4.74 Å². The maximum atomic E-state index is 11.4. The van der Waals surface area contributed by atoms with Crippen molar-refractivity contribution in [1.82, 2.24) is 10.1 Å². The number of carbonyl (C=O) groups excluding carboxylic acids is 1. The molecule has 0 saturated carbocycles. The van der Waals surface area contributed by atoms with Gasteiger partial charge in [0.05, 0.1) is 19.8 Å². The van der Waals surface area contributed by atoms with Gasteiger partial charge in [0.25, 0.3) is 5.89 Å². The Morgan fingerprint density at radius 3 is 2.22 bits per heavy atom. The molecule has 0 bridgehead atoms. The minimum Gasteiger partial charge on any atom is -0.497 e. The van der Waals surface area contributed by atoms with Gasteiger partial charge in [0.2, 0.25) is 5.82 Å². The first-order valence-corrected chi connectivity index (χ1v) is 6.88. The fourth-order valence-corrected chi connectivity index (χ4v) is 2.06. The summed E-state index contributed by atoms with van der Waals surface area (Å²) in [5, 5.41) is 3.97. The monoisotopic (exact) mass is 310 g/mol. The first kappa shape index (κ1) is 14.8. The Morgan fingerprint density at radius 2 is 1.61 bits per heavy atom. The lowest BCUT2D eigenvalue weighted by atomic mass is 10.1. The second-order valence-corrected chi connectivity index (χ2v) is 4.72. The van der Waals surface area contributed by atoms with E-state index in [1.807, 2.05) is 24.3 Å². The van der Waals surface area contributed by atoms with Crippen molar-refractivity contribution >= 4 is 5.97 Å². The SMILES string of the molecule is COC(=O)c1ccc(-c2nc(-c3ccc(OC)cc3)no2)cc1. The van der Waals surface area contributed by atoms with Crippen LogP contribution in [0.15, 0.2) is 53.1 Å². The first-order chi connectivity index (χ1) is 11.2. The Morgan fingerprint density at radius 1 is 0.957 bits per heavy atom. The van der Waals surface area contributed by atoms with Gasteiger partial charge in [-0.15, -0.1) is 0 Å². The van der Waals surface area contributed by atoms with E-state index < -0.39 is 0 Å². The van der Waals surface area contributed by atoms with Crippen LogP contribution in [-0.4, -0.2) is 30.3 Å². The van der Waals surface area contributed by atoms with Crippen LogP contribution in [0.4, 0.5) is 0 Å². The Hall–Kier alpha value is -3.15. The number of benzene rings is 2. The summed E-state index contributed by atoms with van der Waals surface area (Å²) in [7, 11) is 2.95. The molecule has 0 saturated heterocycles. The minimum atomic E-state index is -0.388. The molecular formula is C17H14N2O4. The summed E-state index contributed by atoms with van der Waals surface area (Å²) in [6.07, 6.45) is 0. The van der Waals surface area contributed by atoms with Crippen molar-refractivity contribution in [3.63, 3.8) is 0 Å². The molecule has 0 aliphatic rings. The lowest BCUT2D eigenvalue weighted by Crippen LogP contribution is -2.00. The molecule has 0 amide bonds. The highest BCUT2D eigenvalue weighted by Gasteiger charge is 2.12. The largest absolute Gasteiger partial charge is 0.497 e. The molecule has 3 aromatic rings. The van der Waals surface area contributed by atoms with Crippen molar-refractivity contribution in [3.05, 3.63) is 54.1 Å². The van der Waals surface area contributed by atoms with E-state index in [4.69, 9.17) is 9.26 Å². The summed E-state index contributed by atoms with van der Waals surface area (Å²) in [5.41, 5.74) is 2.02. The third-order valence-electron chi connectivity index (χ3n) is 3.33. The molecular weight excluding hydrogens is 296 g/mol. The topological polar surface area (TPSA) is 74.5 Å². The van der Waals surface area contributed by atoms with E-state index in [0.717, 1.165) is 16.9 Å². The van der Waals surface area contributed by atoms with Gasteiger partial charge in [-0.05, 0) is 48.5 Å². The third kappa shape index (κ3) is 3.06. The molecule has 0 N–H and O–H groups in total. The van der Waals surface area contributed by atoms with Gasteiger partial charge < -0.3 is 14.0 Å². The van der Waals surface area contributed by atoms with Crippen molar-refractivity contribution < 1.29 is 18.8 Å². The van der Waals surface area contributed by atoms with E-state index in [2.05, 4.69) is 14.9 Å². The van der Waals surface area contributed by atoms with Crippen LogP contribution in [0.1, 0.15) is 10.4 Å².